The van der Waals surface area contributed by atoms with Gasteiger partial charge in [-0.1, -0.05) is 6.92 Å². The highest BCUT2D eigenvalue weighted by atomic mass is 19.1. The summed E-state index contributed by atoms with van der Waals surface area (Å²) in [5.41, 5.74) is 0.312. The number of rotatable bonds is 8. The number of hydrogen-bond donors (Lipinski definition) is 3. The topological polar surface area (TPSA) is 87.2 Å². The predicted molar refractivity (Wildman–Crippen MR) is 118 cm³/mol. The summed E-state index contributed by atoms with van der Waals surface area (Å²) in [5.74, 6) is 1.00. The van der Waals surface area contributed by atoms with Crippen molar-refractivity contribution in [3.05, 3.63) is 24.0 Å². The van der Waals surface area contributed by atoms with Crippen molar-refractivity contribution in [1.82, 2.24) is 19.9 Å². The van der Waals surface area contributed by atoms with Crippen molar-refractivity contribution in [1.29, 1.82) is 0 Å². The Morgan fingerprint density at radius 3 is 2.57 bits per heavy atom. The molecule has 164 valence electrons. The zero-order valence-electron chi connectivity index (χ0n) is 18.4. The molecule has 0 spiro atoms. The molecule has 1 aliphatic rings. The van der Waals surface area contributed by atoms with E-state index >= 15 is 0 Å². The van der Waals surface area contributed by atoms with Crippen molar-refractivity contribution < 1.29 is 9.13 Å². The van der Waals surface area contributed by atoms with Crippen molar-refractivity contribution in [2.75, 3.05) is 42.7 Å². The summed E-state index contributed by atoms with van der Waals surface area (Å²) in [6.07, 6.45) is 2.37. The fourth-order valence-corrected chi connectivity index (χ4v) is 3.53. The van der Waals surface area contributed by atoms with Gasteiger partial charge in [0, 0.05) is 29.9 Å². The molecule has 1 aromatic carbocycles. The van der Waals surface area contributed by atoms with Crippen LogP contribution >= 0.6 is 0 Å². The maximum atomic E-state index is 14.1. The average molecular weight is 418 g/mol. The Labute approximate surface area is 177 Å². The lowest BCUT2D eigenvalue weighted by Crippen LogP contribution is -2.35. The van der Waals surface area contributed by atoms with Crippen molar-refractivity contribution >= 4 is 23.5 Å². The average Bonchev–Trinajstić information content (AvgIpc) is 3.12. The highest BCUT2D eigenvalue weighted by molar-refractivity contribution is 5.57. The molecule has 8 nitrogen and oxygen atoms in total. The van der Waals surface area contributed by atoms with Crippen LogP contribution in [0.3, 0.4) is 0 Å². The van der Waals surface area contributed by atoms with Gasteiger partial charge in [0.2, 0.25) is 17.8 Å². The van der Waals surface area contributed by atoms with Crippen LogP contribution in [0.15, 0.2) is 18.2 Å². The first kappa shape index (κ1) is 22.0. The van der Waals surface area contributed by atoms with E-state index in [4.69, 9.17) is 4.74 Å². The Balaban J connectivity index is 1.80. The molecule has 1 atom stereocenters. The molecule has 3 N–H and O–H groups in total. The maximum Gasteiger partial charge on any atom is 0.233 e. The van der Waals surface area contributed by atoms with Gasteiger partial charge in [0.1, 0.15) is 0 Å². The van der Waals surface area contributed by atoms with Crippen LogP contribution < -0.4 is 20.7 Å². The minimum atomic E-state index is -0.455. The molecule has 1 aromatic heterocycles. The second-order valence-electron chi connectivity index (χ2n) is 8.46. The maximum absolute atomic E-state index is 14.1. The third-order valence-electron chi connectivity index (χ3n) is 4.93. The van der Waals surface area contributed by atoms with Crippen molar-refractivity contribution in [2.45, 2.75) is 52.1 Å². The Hall–Kier alpha value is -2.68. The van der Waals surface area contributed by atoms with Gasteiger partial charge in [-0.15, -0.1) is 0 Å². The van der Waals surface area contributed by atoms with Crippen molar-refractivity contribution in [3.8, 4) is 5.75 Å². The number of anilines is 4. The number of methoxy groups -OCH3 is 1. The van der Waals surface area contributed by atoms with E-state index in [-0.39, 0.29) is 11.3 Å². The number of aromatic nitrogens is 3. The van der Waals surface area contributed by atoms with Gasteiger partial charge in [0.25, 0.3) is 0 Å². The Morgan fingerprint density at radius 2 is 1.90 bits per heavy atom. The molecule has 1 aliphatic heterocycles. The van der Waals surface area contributed by atoms with Crippen LogP contribution in [0.5, 0.6) is 5.75 Å². The molecule has 1 saturated heterocycles. The number of nitrogens with zero attached hydrogens (tertiary/aromatic N) is 4. The van der Waals surface area contributed by atoms with Gasteiger partial charge in [-0.05, 0) is 58.8 Å². The molecule has 3 rings (SSSR count). The van der Waals surface area contributed by atoms with Crippen molar-refractivity contribution in [2.24, 2.45) is 0 Å². The molecule has 1 unspecified atom stereocenters. The summed E-state index contributed by atoms with van der Waals surface area (Å²) in [7, 11) is 1.43. The molecule has 2 heterocycles. The number of nitrogens with one attached hydrogen (secondary N) is 3. The highest BCUT2D eigenvalue weighted by Gasteiger charge is 2.23. The molecule has 0 bridgehead atoms. The van der Waals surface area contributed by atoms with Crippen LogP contribution in [0.2, 0.25) is 0 Å². The van der Waals surface area contributed by atoms with E-state index in [1.807, 2.05) is 20.8 Å². The largest absolute Gasteiger partial charge is 0.494 e. The third-order valence-corrected chi connectivity index (χ3v) is 4.93. The predicted octanol–water partition coefficient (Wildman–Crippen LogP) is 3.87. The first-order chi connectivity index (χ1) is 14.3. The van der Waals surface area contributed by atoms with Gasteiger partial charge in [0.05, 0.1) is 7.11 Å². The summed E-state index contributed by atoms with van der Waals surface area (Å²) >= 11 is 0. The zero-order valence-corrected chi connectivity index (χ0v) is 18.4. The SMILES string of the molecule is CCN1CCCC1CNc1nc(Nc2ccc(OC)c(F)c2)nc(NC(C)(C)C)n1. The number of hydrogen-bond acceptors (Lipinski definition) is 8. The fraction of sp³-hybridized carbons (Fsp3) is 0.571. The minimum Gasteiger partial charge on any atom is -0.494 e. The van der Waals surface area contributed by atoms with E-state index < -0.39 is 5.82 Å². The van der Waals surface area contributed by atoms with E-state index in [1.165, 1.54) is 19.6 Å². The molecular weight excluding hydrogens is 385 g/mol. The molecule has 0 radical (unpaired) electrons. The number of ether oxygens (including phenoxy) is 1. The first-order valence-corrected chi connectivity index (χ1v) is 10.4. The Kier molecular flexibility index (Phi) is 6.91. The zero-order chi connectivity index (χ0) is 21.7. The van der Waals surface area contributed by atoms with Crippen molar-refractivity contribution in [3.63, 3.8) is 0 Å². The molecule has 0 amide bonds. The summed E-state index contributed by atoms with van der Waals surface area (Å²) in [5, 5.41) is 9.70. The van der Waals surface area contributed by atoms with E-state index in [1.54, 1.807) is 12.1 Å². The number of likely N-dealkylation sites (tertiary alicyclic amines) is 1. The van der Waals surface area contributed by atoms with E-state index in [0.29, 0.717) is 29.6 Å². The lowest BCUT2D eigenvalue weighted by molar-refractivity contribution is 0.277. The summed E-state index contributed by atoms with van der Waals surface area (Å²) < 4.78 is 19.0. The van der Waals surface area contributed by atoms with Crippen LogP contribution in [0.1, 0.15) is 40.5 Å². The monoisotopic (exact) mass is 417 g/mol. The Bertz CT molecular complexity index is 856. The molecule has 0 saturated carbocycles. The minimum absolute atomic E-state index is 0.186. The quantitative estimate of drug-likeness (QED) is 0.597. The Morgan fingerprint density at radius 1 is 1.17 bits per heavy atom. The molecule has 30 heavy (non-hydrogen) atoms. The van der Waals surface area contributed by atoms with Gasteiger partial charge >= 0.3 is 0 Å². The van der Waals surface area contributed by atoms with Gasteiger partial charge < -0.3 is 20.7 Å². The lowest BCUT2D eigenvalue weighted by atomic mass is 10.1. The van der Waals surface area contributed by atoms with Crippen LogP contribution in [-0.4, -0.2) is 58.2 Å². The summed E-state index contributed by atoms with van der Waals surface area (Å²) in [6, 6.07) is 5.10. The van der Waals surface area contributed by atoms with Crippen LogP contribution in [-0.2, 0) is 0 Å². The standard InChI is InChI=1S/C21H32FN7O/c1-6-29-11-7-8-15(29)13-23-18-25-19(27-20(26-18)28-21(2,3)4)24-14-9-10-17(30-5)16(22)12-14/h9-10,12,15H,6-8,11,13H2,1-5H3,(H3,23,24,25,26,27,28). The van der Waals surface area contributed by atoms with Crippen LogP contribution in [0.4, 0.5) is 27.9 Å². The molecular formula is C21H32FN7O. The van der Waals surface area contributed by atoms with Crippen LogP contribution in [0.25, 0.3) is 0 Å². The third kappa shape index (κ3) is 5.91. The molecule has 9 heteroatoms. The smallest absolute Gasteiger partial charge is 0.233 e. The highest BCUT2D eigenvalue weighted by Crippen LogP contribution is 2.24. The lowest BCUT2D eigenvalue weighted by Gasteiger charge is -2.24. The first-order valence-electron chi connectivity index (χ1n) is 10.4. The van der Waals surface area contributed by atoms with Crippen LogP contribution in [0, 0.1) is 5.82 Å². The van der Waals surface area contributed by atoms with E-state index in [0.717, 1.165) is 26.1 Å². The van der Waals surface area contributed by atoms with Gasteiger partial charge in [-0.3, -0.25) is 4.90 Å². The second kappa shape index (κ2) is 9.42. The molecule has 0 aliphatic carbocycles. The summed E-state index contributed by atoms with van der Waals surface area (Å²) in [6.45, 7) is 11.2. The second-order valence-corrected chi connectivity index (χ2v) is 8.46. The summed E-state index contributed by atoms with van der Waals surface area (Å²) in [4.78, 5) is 15.9. The van der Waals surface area contributed by atoms with E-state index in [9.17, 15) is 4.39 Å². The number of benzene rings is 1. The molecule has 2 aromatic rings. The fourth-order valence-electron chi connectivity index (χ4n) is 3.53. The van der Waals surface area contributed by atoms with Gasteiger partial charge in [-0.2, -0.15) is 15.0 Å². The number of halogens is 1. The normalized spacial score (nSPS) is 17.1. The molecule has 1 fully saturated rings. The van der Waals surface area contributed by atoms with Gasteiger partial charge in [0.15, 0.2) is 11.6 Å². The van der Waals surface area contributed by atoms with Gasteiger partial charge in [-0.25, -0.2) is 4.39 Å². The number of likely N-dealkylation sites (N-methyl/N-ethyl adjacent to an activating group) is 1. The van der Waals surface area contributed by atoms with E-state index in [2.05, 4.69) is 42.7 Å².